The molecule has 1 amide bonds. The maximum Gasteiger partial charge on any atom is 0.272 e. The third-order valence-electron chi connectivity index (χ3n) is 4.99. The van der Waals surface area contributed by atoms with Crippen molar-refractivity contribution in [2.24, 2.45) is 0 Å². The first-order chi connectivity index (χ1) is 12.2. The third-order valence-corrected chi connectivity index (χ3v) is 4.99. The van der Waals surface area contributed by atoms with Crippen molar-refractivity contribution in [3.63, 3.8) is 0 Å². The van der Waals surface area contributed by atoms with Crippen LogP contribution in [0.25, 0.3) is 5.69 Å². The van der Waals surface area contributed by atoms with E-state index in [2.05, 4.69) is 29.2 Å². The van der Waals surface area contributed by atoms with E-state index >= 15 is 0 Å². The van der Waals surface area contributed by atoms with Gasteiger partial charge >= 0.3 is 0 Å². The van der Waals surface area contributed by atoms with Crippen molar-refractivity contribution in [3.8, 4) is 5.69 Å². The Kier molecular flexibility index (Phi) is 4.10. The molecule has 1 atom stereocenters. The molecule has 3 aromatic rings. The summed E-state index contributed by atoms with van der Waals surface area (Å²) in [6.07, 6.45) is 8.82. The van der Waals surface area contributed by atoms with Crippen LogP contribution >= 0.6 is 0 Å². The van der Waals surface area contributed by atoms with Crippen LogP contribution in [0.4, 0.5) is 0 Å². The zero-order valence-corrected chi connectivity index (χ0v) is 14.3. The van der Waals surface area contributed by atoms with Crippen LogP contribution in [0, 0.1) is 0 Å². The summed E-state index contributed by atoms with van der Waals surface area (Å²) in [6, 6.07) is 16.3. The maximum atomic E-state index is 13.0. The van der Waals surface area contributed by atoms with Gasteiger partial charge in [-0.3, -0.25) is 9.78 Å². The van der Waals surface area contributed by atoms with Crippen LogP contribution in [0.15, 0.2) is 67.1 Å². The van der Waals surface area contributed by atoms with Crippen LogP contribution < -0.4 is 0 Å². The molecule has 0 fully saturated rings. The molecule has 0 saturated heterocycles. The summed E-state index contributed by atoms with van der Waals surface area (Å²) >= 11 is 0. The van der Waals surface area contributed by atoms with E-state index in [1.165, 1.54) is 11.1 Å². The molecule has 1 aromatic carbocycles. The standard InChI is InChI=1S/C21H21N3O/c1-23(20-10-6-8-16-7-2-3-9-18(16)20)21(25)19-15-17(11-12-22-19)24-13-4-5-14-24/h2-5,7,9,11-15,20H,6,8,10H2,1H3. The predicted molar refractivity (Wildman–Crippen MR) is 97.8 cm³/mol. The second-order valence-corrected chi connectivity index (χ2v) is 6.51. The smallest absolute Gasteiger partial charge is 0.272 e. The third kappa shape index (κ3) is 2.95. The summed E-state index contributed by atoms with van der Waals surface area (Å²) in [4.78, 5) is 19.2. The normalized spacial score (nSPS) is 16.3. The van der Waals surface area contributed by atoms with Crippen LogP contribution in [0.1, 0.15) is 40.5 Å². The first kappa shape index (κ1) is 15.6. The molecule has 0 radical (unpaired) electrons. The topological polar surface area (TPSA) is 38.1 Å². The van der Waals surface area contributed by atoms with E-state index in [-0.39, 0.29) is 11.9 Å². The number of carbonyl (C=O) groups is 1. The average molecular weight is 331 g/mol. The number of carbonyl (C=O) groups excluding carboxylic acids is 1. The highest BCUT2D eigenvalue weighted by Gasteiger charge is 2.27. The van der Waals surface area contributed by atoms with Gasteiger partial charge in [-0.15, -0.1) is 0 Å². The lowest BCUT2D eigenvalue weighted by atomic mass is 9.87. The lowest BCUT2D eigenvalue weighted by Gasteiger charge is -2.33. The average Bonchev–Trinajstić information content (AvgIpc) is 3.21. The van der Waals surface area contributed by atoms with Crippen LogP contribution in [-0.2, 0) is 6.42 Å². The van der Waals surface area contributed by atoms with Gasteiger partial charge in [0.1, 0.15) is 5.69 Å². The number of hydrogen-bond acceptors (Lipinski definition) is 2. The highest BCUT2D eigenvalue weighted by molar-refractivity contribution is 5.93. The Labute approximate surface area is 147 Å². The van der Waals surface area contributed by atoms with E-state index in [1.807, 2.05) is 53.2 Å². The fourth-order valence-electron chi connectivity index (χ4n) is 3.66. The van der Waals surface area contributed by atoms with Crippen molar-refractivity contribution in [1.82, 2.24) is 14.5 Å². The molecule has 4 heteroatoms. The highest BCUT2D eigenvalue weighted by Crippen LogP contribution is 2.34. The Morgan fingerprint density at radius 1 is 1.16 bits per heavy atom. The van der Waals surface area contributed by atoms with Crippen molar-refractivity contribution in [2.45, 2.75) is 25.3 Å². The Hall–Kier alpha value is -2.88. The number of fused-ring (bicyclic) bond motifs is 1. The predicted octanol–water partition coefficient (Wildman–Crippen LogP) is 4.02. The van der Waals surface area contributed by atoms with E-state index in [9.17, 15) is 4.79 Å². The minimum absolute atomic E-state index is 0.0318. The number of amides is 1. The number of pyridine rings is 1. The summed E-state index contributed by atoms with van der Waals surface area (Å²) in [5.41, 5.74) is 4.05. The summed E-state index contributed by atoms with van der Waals surface area (Å²) in [7, 11) is 1.89. The minimum Gasteiger partial charge on any atom is -0.333 e. The SMILES string of the molecule is CN(C(=O)c1cc(-n2cccc2)ccn1)C1CCCc2ccccc21. The van der Waals surface area contributed by atoms with E-state index < -0.39 is 0 Å². The Balaban J connectivity index is 1.62. The minimum atomic E-state index is -0.0318. The number of aromatic nitrogens is 2. The maximum absolute atomic E-state index is 13.0. The monoisotopic (exact) mass is 331 g/mol. The van der Waals surface area contributed by atoms with Crippen molar-refractivity contribution >= 4 is 5.91 Å². The zero-order valence-electron chi connectivity index (χ0n) is 14.3. The van der Waals surface area contributed by atoms with Gasteiger partial charge in [0.25, 0.3) is 5.91 Å². The van der Waals surface area contributed by atoms with E-state index in [0.29, 0.717) is 5.69 Å². The van der Waals surface area contributed by atoms with Gasteiger partial charge in [-0.2, -0.15) is 0 Å². The highest BCUT2D eigenvalue weighted by atomic mass is 16.2. The molecule has 126 valence electrons. The van der Waals surface area contributed by atoms with E-state index in [1.54, 1.807) is 6.20 Å². The molecule has 1 aliphatic rings. The number of rotatable bonds is 3. The van der Waals surface area contributed by atoms with Crippen LogP contribution in [-0.4, -0.2) is 27.4 Å². The van der Waals surface area contributed by atoms with Crippen molar-refractivity contribution in [3.05, 3.63) is 83.9 Å². The number of nitrogens with zero attached hydrogens (tertiary/aromatic N) is 3. The lowest BCUT2D eigenvalue weighted by molar-refractivity contribution is 0.0709. The first-order valence-electron chi connectivity index (χ1n) is 8.68. The number of benzene rings is 1. The van der Waals surface area contributed by atoms with Gasteiger partial charge in [0, 0.05) is 31.3 Å². The van der Waals surface area contributed by atoms with Gasteiger partial charge in [-0.25, -0.2) is 0 Å². The molecule has 0 saturated carbocycles. The van der Waals surface area contributed by atoms with Crippen molar-refractivity contribution in [1.29, 1.82) is 0 Å². The van der Waals surface area contributed by atoms with Gasteiger partial charge in [-0.05, 0) is 54.7 Å². The number of hydrogen-bond donors (Lipinski definition) is 0. The Bertz CT molecular complexity index is 886. The van der Waals surface area contributed by atoms with E-state index in [0.717, 1.165) is 24.9 Å². The fourth-order valence-corrected chi connectivity index (χ4v) is 3.66. The van der Waals surface area contributed by atoms with Crippen molar-refractivity contribution in [2.75, 3.05) is 7.05 Å². The van der Waals surface area contributed by atoms with Crippen LogP contribution in [0.2, 0.25) is 0 Å². The molecule has 0 aliphatic heterocycles. The quantitative estimate of drug-likeness (QED) is 0.727. The fraction of sp³-hybridized carbons (Fsp3) is 0.238. The van der Waals surface area contributed by atoms with Gasteiger partial charge in [0.15, 0.2) is 0 Å². The Morgan fingerprint density at radius 2 is 1.96 bits per heavy atom. The Morgan fingerprint density at radius 3 is 2.80 bits per heavy atom. The zero-order chi connectivity index (χ0) is 17.2. The molecule has 4 rings (SSSR count). The molecule has 0 N–H and O–H groups in total. The second-order valence-electron chi connectivity index (χ2n) is 6.51. The van der Waals surface area contributed by atoms with Gasteiger partial charge in [0.05, 0.1) is 6.04 Å². The molecular weight excluding hydrogens is 310 g/mol. The molecule has 2 aromatic heterocycles. The lowest BCUT2D eigenvalue weighted by Crippen LogP contribution is -2.33. The molecule has 4 nitrogen and oxygen atoms in total. The molecule has 2 heterocycles. The molecule has 1 unspecified atom stereocenters. The molecule has 1 aliphatic carbocycles. The molecule has 25 heavy (non-hydrogen) atoms. The van der Waals surface area contributed by atoms with Crippen molar-refractivity contribution < 1.29 is 4.79 Å². The molecule has 0 spiro atoms. The van der Waals surface area contributed by atoms with Crippen LogP contribution in [0.3, 0.4) is 0 Å². The van der Waals surface area contributed by atoms with Gasteiger partial charge < -0.3 is 9.47 Å². The largest absolute Gasteiger partial charge is 0.333 e. The molecule has 0 bridgehead atoms. The van der Waals surface area contributed by atoms with Gasteiger partial charge in [0.2, 0.25) is 0 Å². The van der Waals surface area contributed by atoms with E-state index in [4.69, 9.17) is 0 Å². The second kappa shape index (κ2) is 6.55. The summed E-state index contributed by atoms with van der Waals surface area (Å²) in [6.45, 7) is 0. The summed E-state index contributed by atoms with van der Waals surface area (Å²) in [5, 5.41) is 0. The summed E-state index contributed by atoms with van der Waals surface area (Å²) < 4.78 is 1.98. The molecular formula is C21H21N3O. The summed E-state index contributed by atoms with van der Waals surface area (Å²) in [5.74, 6) is -0.0318. The first-order valence-corrected chi connectivity index (χ1v) is 8.68. The van der Waals surface area contributed by atoms with Gasteiger partial charge in [-0.1, -0.05) is 24.3 Å². The van der Waals surface area contributed by atoms with Crippen LogP contribution in [0.5, 0.6) is 0 Å². The number of aryl methyl sites for hydroxylation is 1.